The van der Waals surface area contributed by atoms with E-state index < -0.39 is 0 Å². The Morgan fingerprint density at radius 2 is 2.00 bits per heavy atom. The van der Waals surface area contributed by atoms with Crippen LogP contribution in [0.2, 0.25) is 0 Å². The van der Waals surface area contributed by atoms with Gasteiger partial charge in [-0.2, -0.15) is 0 Å². The number of rotatable bonds is 1. The summed E-state index contributed by atoms with van der Waals surface area (Å²) >= 11 is 0. The standard InChI is InChI=1S/C16H14N4/c1-9-3-12(8-17-7-9)16-19-14-5-11-4-10(2)18-13(11)6-15(14)20-16/h3,5-8H,4H2,1-2H3,(H,19,20). The van der Waals surface area contributed by atoms with Crippen molar-refractivity contribution in [2.75, 3.05) is 0 Å². The average molecular weight is 262 g/mol. The van der Waals surface area contributed by atoms with Crippen LogP contribution in [0.15, 0.2) is 35.6 Å². The van der Waals surface area contributed by atoms with Crippen LogP contribution in [-0.4, -0.2) is 20.7 Å². The topological polar surface area (TPSA) is 53.9 Å². The van der Waals surface area contributed by atoms with Crippen molar-refractivity contribution in [2.24, 2.45) is 4.99 Å². The largest absolute Gasteiger partial charge is 0.338 e. The van der Waals surface area contributed by atoms with Crippen molar-refractivity contribution in [3.05, 3.63) is 41.7 Å². The summed E-state index contributed by atoms with van der Waals surface area (Å²) in [5, 5.41) is 0. The molecule has 0 unspecified atom stereocenters. The summed E-state index contributed by atoms with van der Waals surface area (Å²) in [5.41, 5.74) is 7.65. The lowest BCUT2D eigenvalue weighted by Gasteiger charge is -1.96. The van der Waals surface area contributed by atoms with E-state index in [2.05, 4.69) is 45.1 Å². The second-order valence-electron chi connectivity index (χ2n) is 5.36. The molecule has 2 aromatic heterocycles. The molecule has 0 bridgehead atoms. The highest BCUT2D eigenvalue weighted by Crippen LogP contribution is 2.31. The van der Waals surface area contributed by atoms with Gasteiger partial charge in [-0.3, -0.25) is 9.98 Å². The van der Waals surface area contributed by atoms with Crippen molar-refractivity contribution < 1.29 is 0 Å². The molecule has 0 atom stereocenters. The molecule has 0 radical (unpaired) electrons. The number of fused-ring (bicyclic) bond motifs is 2. The SMILES string of the molecule is CC1=Nc2cc3nc(-c4cncc(C)c4)[nH]c3cc2C1. The van der Waals surface area contributed by atoms with Gasteiger partial charge in [0.1, 0.15) is 5.82 Å². The van der Waals surface area contributed by atoms with Crippen molar-refractivity contribution in [3.63, 3.8) is 0 Å². The highest BCUT2D eigenvalue weighted by atomic mass is 14.9. The normalized spacial score (nSPS) is 13.6. The Morgan fingerprint density at radius 1 is 1.10 bits per heavy atom. The molecule has 1 aliphatic heterocycles. The quantitative estimate of drug-likeness (QED) is 0.728. The van der Waals surface area contributed by atoms with Crippen LogP contribution in [0, 0.1) is 6.92 Å². The molecule has 0 saturated carbocycles. The van der Waals surface area contributed by atoms with Crippen molar-refractivity contribution in [1.82, 2.24) is 15.0 Å². The molecule has 4 rings (SSSR count). The van der Waals surface area contributed by atoms with Crippen LogP contribution < -0.4 is 0 Å². The van der Waals surface area contributed by atoms with E-state index in [-0.39, 0.29) is 0 Å². The minimum atomic E-state index is 0.862. The number of hydrogen-bond donors (Lipinski definition) is 1. The molecule has 3 aromatic rings. The predicted octanol–water partition coefficient (Wildman–Crippen LogP) is 3.58. The molecule has 4 heteroatoms. The third-order valence-electron chi connectivity index (χ3n) is 3.59. The van der Waals surface area contributed by atoms with E-state index in [0.29, 0.717) is 0 Å². The number of aromatic nitrogens is 3. The van der Waals surface area contributed by atoms with E-state index in [0.717, 1.165) is 45.8 Å². The molecule has 20 heavy (non-hydrogen) atoms. The van der Waals surface area contributed by atoms with Gasteiger partial charge in [-0.15, -0.1) is 0 Å². The monoisotopic (exact) mass is 262 g/mol. The van der Waals surface area contributed by atoms with Gasteiger partial charge in [-0.05, 0) is 43.2 Å². The summed E-state index contributed by atoms with van der Waals surface area (Å²) in [6.07, 6.45) is 4.62. The molecule has 0 amide bonds. The lowest BCUT2D eigenvalue weighted by atomic mass is 10.1. The number of nitrogens with one attached hydrogen (secondary N) is 1. The maximum atomic E-state index is 4.66. The van der Waals surface area contributed by atoms with Gasteiger partial charge in [0.05, 0.1) is 16.7 Å². The average Bonchev–Trinajstić information content (AvgIpc) is 2.97. The molecule has 4 nitrogen and oxygen atoms in total. The number of aromatic amines is 1. The second-order valence-corrected chi connectivity index (χ2v) is 5.36. The first kappa shape index (κ1) is 11.3. The third kappa shape index (κ3) is 1.72. The number of H-pyrrole nitrogens is 1. The van der Waals surface area contributed by atoms with E-state index in [4.69, 9.17) is 0 Å². The smallest absolute Gasteiger partial charge is 0.140 e. The first-order valence-electron chi connectivity index (χ1n) is 6.68. The lowest BCUT2D eigenvalue weighted by Crippen LogP contribution is -1.88. The number of pyridine rings is 1. The molecule has 0 spiro atoms. The van der Waals surface area contributed by atoms with Crippen molar-refractivity contribution in [2.45, 2.75) is 20.3 Å². The molecule has 1 N–H and O–H groups in total. The van der Waals surface area contributed by atoms with E-state index in [9.17, 15) is 0 Å². The third-order valence-corrected chi connectivity index (χ3v) is 3.59. The Bertz CT molecular complexity index is 858. The molecule has 3 heterocycles. The molecular formula is C16H14N4. The van der Waals surface area contributed by atoms with Gasteiger partial charge < -0.3 is 4.98 Å². The lowest BCUT2D eigenvalue weighted by molar-refractivity contribution is 1.24. The van der Waals surface area contributed by atoms with E-state index in [1.165, 1.54) is 5.56 Å². The number of nitrogens with zero attached hydrogens (tertiary/aromatic N) is 3. The van der Waals surface area contributed by atoms with Crippen LogP contribution >= 0.6 is 0 Å². The first-order valence-corrected chi connectivity index (χ1v) is 6.68. The summed E-state index contributed by atoms with van der Waals surface area (Å²) in [7, 11) is 0. The Hall–Kier alpha value is -2.49. The molecular weight excluding hydrogens is 248 g/mol. The number of imidazole rings is 1. The van der Waals surface area contributed by atoms with Gasteiger partial charge in [-0.1, -0.05) is 0 Å². The van der Waals surface area contributed by atoms with Gasteiger partial charge in [0.15, 0.2) is 0 Å². The zero-order valence-electron chi connectivity index (χ0n) is 11.4. The number of hydrogen-bond acceptors (Lipinski definition) is 3. The first-order chi connectivity index (χ1) is 9.69. The highest BCUT2D eigenvalue weighted by molar-refractivity contribution is 5.95. The Kier molecular flexibility index (Phi) is 2.27. The van der Waals surface area contributed by atoms with Crippen LogP contribution in [-0.2, 0) is 6.42 Å². The zero-order chi connectivity index (χ0) is 13.7. The fourth-order valence-corrected chi connectivity index (χ4v) is 2.68. The molecule has 1 aliphatic rings. The predicted molar refractivity (Wildman–Crippen MR) is 80.5 cm³/mol. The molecule has 98 valence electrons. The Balaban J connectivity index is 1.88. The van der Waals surface area contributed by atoms with E-state index in [1.807, 2.05) is 19.3 Å². The van der Waals surface area contributed by atoms with Crippen LogP contribution in [0.3, 0.4) is 0 Å². The van der Waals surface area contributed by atoms with Crippen molar-refractivity contribution in [3.8, 4) is 11.4 Å². The van der Waals surface area contributed by atoms with Crippen LogP contribution in [0.25, 0.3) is 22.4 Å². The summed E-state index contributed by atoms with van der Waals surface area (Å²) in [6, 6.07) is 6.30. The van der Waals surface area contributed by atoms with Crippen LogP contribution in [0.5, 0.6) is 0 Å². The molecule has 0 fully saturated rings. The van der Waals surface area contributed by atoms with E-state index in [1.54, 1.807) is 0 Å². The van der Waals surface area contributed by atoms with Gasteiger partial charge in [0.2, 0.25) is 0 Å². The summed E-state index contributed by atoms with van der Waals surface area (Å²) in [5.74, 6) is 0.862. The maximum absolute atomic E-state index is 4.66. The van der Waals surface area contributed by atoms with Crippen LogP contribution in [0.4, 0.5) is 5.69 Å². The highest BCUT2D eigenvalue weighted by Gasteiger charge is 2.14. The van der Waals surface area contributed by atoms with E-state index >= 15 is 0 Å². The van der Waals surface area contributed by atoms with Crippen molar-refractivity contribution in [1.29, 1.82) is 0 Å². The number of benzene rings is 1. The molecule has 1 aromatic carbocycles. The fourth-order valence-electron chi connectivity index (χ4n) is 2.68. The fraction of sp³-hybridized carbons (Fsp3) is 0.188. The van der Waals surface area contributed by atoms with Gasteiger partial charge >= 0.3 is 0 Å². The van der Waals surface area contributed by atoms with Gasteiger partial charge in [0.25, 0.3) is 0 Å². The zero-order valence-corrected chi connectivity index (χ0v) is 11.4. The maximum Gasteiger partial charge on any atom is 0.140 e. The summed E-state index contributed by atoms with van der Waals surface area (Å²) in [6.45, 7) is 4.09. The second kappa shape index (κ2) is 4.00. The number of aliphatic imine (C=N–C) groups is 1. The van der Waals surface area contributed by atoms with Gasteiger partial charge in [-0.25, -0.2) is 4.98 Å². The minimum absolute atomic E-state index is 0.862. The van der Waals surface area contributed by atoms with Crippen LogP contribution in [0.1, 0.15) is 18.1 Å². The molecule has 0 saturated heterocycles. The van der Waals surface area contributed by atoms with Gasteiger partial charge in [0, 0.05) is 30.1 Å². The minimum Gasteiger partial charge on any atom is -0.338 e. The summed E-state index contributed by atoms with van der Waals surface area (Å²) in [4.78, 5) is 16.8. The molecule has 0 aliphatic carbocycles. The Labute approximate surface area is 116 Å². The Morgan fingerprint density at radius 3 is 2.85 bits per heavy atom. The van der Waals surface area contributed by atoms with Crippen molar-refractivity contribution >= 4 is 22.4 Å². The summed E-state index contributed by atoms with van der Waals surface area (Å²) < 4.78 is 0. The number of aryl methyl sites for hydroxylation is 1.